The third kappa shape index (κ3) is 1.59. The van der Waals surface area contributed by atoms with Crippen LogP contribution in [-0.2, 0) is 6.42 Å². The maximum atomic E-state index is 5.55. The predicted molar refractivity (Wildman–Crippen MR) is 51.4 cm³/mol. The maximum absolute atomic E-state index is 5.55. The molecule has 1 aliphatic heterocycles. The van der Waals surface area contributed by atoms with Crippen LogP contribution in [0.4, 0.5) is 0 Å². The van der Waals surface area contributed by atoms with E-state index in [1.54, 1.807) is 0 Å². The molecule has 1 atom stereocenters. The van der Waals surface area contributed by atoms with Crippen LogP contribution in [0.5, 0.6) is 0 Å². The van der Waals surface area contributed by atoms with Crippen molar-refractivity contribution in [3.05, 3.63) is 17.2 Å². The van der Waals surface area contributed by atoms with Crippen LogP contribution in [0.2, 0.25) is 0 Å². The van der Waals surface area contributed by atoms with E-state index < -0.39 is 0 Å². The monoisotopic (exact) mass is 180 g/mol. The van der Waals surface area contributed by atoms with Crippen LogP contribution in [0, 0.1) is 6.92 Å². The van der Waals surface area contributed by atoms with E-state index in [1.165, 1.54) is 11.4 Å². The van der Waals surface area contributed by atoms with Gasteiger partial charge in [-0.1, -0.05) is 0 Å². The van der Waals surface area contributed by atoms with Crippen molar-refractivity contribution in [1.29, 1.82) is 0 Å². The number of hydrogen-bond acceptors (Lipinski definition) is 3. The molecule has 0 spiro atoms. The quantitative estimate of drug-likeness (QED) is 0.611. The second-order valence-electron chi connectivity index (χ2n) is 3.52. The highest BCUT2D eigenvalue weighted by Gasteiger charge is 2.21. The van der Waals surface area contributed by atoms with Gasteiger partial charge in [0, 0.05) is 18.7 Å². The van der Waals surface area contributed by atoms with Crippen LogP contribution in [0.15, 0.2) is 0 Å². The molecular weight excluding hydrogens is 164 g/mol. The Kier molecular flexibility index (Phi) is 2.33. The minimum absolute atomic E-state index is 0.360. The van der Waals surface area contributed by atoms with Gasteiger partial charge in [0.2, 0.25) is 0 Å². The Morgan fingerprint density at radius 1 is 1.62 bits per heavy atom. The van der Waals surface area contributed by atoms with Crippen molar-refractivity contribution in [2.45, 2.75) is 25.8 Å². The molecule has 2 heterocycles. The molecule has 1 aliphatic rings. The van der Waals surface area contributed by atoms with Crippen molar-refractivity contribution in [1.82, 2.24) is 15.3 Å². The van der Waals surface area contributed by atoms with Gasteiger partial charge in [-0.05, 0) is 19.9 Å². The topological polar surface area (TPSA) is 66.7 Å². The molecule has 0 radical (unpaired) electrons. The molecule has 0 fully saturated rings. The number of nitrogens with two attached hydrogens (primary N) is 1. The van der Waals surface area contributed by atoms with E-state index in [9.17, 15) is 0 Å². The number of imidazole rings is 1. The summed E-state index contributed by atoms with van der Waals surface area (Å²) in [4.78, 5) is 7.77. The average Bonchev–Trinajstić information content (AvgIpc) is 2.47. The predicted octanol–water partition coefficient (Wildman–Crippen LogP) is 0.254. The van der Waals surface area contributed by atoms with Crippen molar-refractivity contribution >= 4 is 0 Å². The van der Waals surface area contributed by atoms with E-state index in [4.69, 9.17) is 5.73 Å². The highest BCUT2D eigenvalue weighted by atomic mass is 15.0. The van der Waals surface area contributed by atoms with Gasteiger partial charge in [0.1, 0.15) is 5.82 Å². The number of aryl methyl sites for hydroxylation is 1. The Hall–Kier alpha value is -0.870. The highest BCUT2D eigenvalue weighted by Crippen LogP contribution is 2.22. The van der Waals surface area contributed by atoms with E-state index in [-0.39, 0.29) is 0 Å². The summed E-state index contributed by atoms with van der Waals surface area (Å²) in [6.07, 6.45) is 2.02. The Balaban J connectivity index is 2.25. The molecule has 0 aliphatic carbocycles. The largest absolute Gasteiger partial charge is 0.346 e. The Morgan fingerprint density at radius 3 is 3.23 bits per heavy atom. The molecule has 1 aromatic heterocycles. The van der Waals surface area contributed by atoms with Crippen LogP contribution in [0.3, 0.4) is 0 Å². The fourth-order valence-corrected chi connectivity index (χ4v) is 1.91. The van der Waals surface area contributed by atoms with Crippen molar-refractivity contribution in [2.75, 3.05) is 13.1 Å². The number of H-pyrrole nitrogens is 1. The fourth-order valence-electron chi connectivity index (χ4n) is 1.91. The molecule has 1 unspecified atom stereocenters. The van der Waals surface area contributed by atoms with Gasteiger partial charge in [-0.3, -0.25) is 0 Å². The lowest BCUT2D eigenvalue weighted by atomic mass is 10.0. The molecule has 0 saturated carbocycles. The van der Waals surface area contributed by atoms with Gasteiger partial charge >= 0.3 is 0 Å². The van der Waals surface area contributed by atoms with Crippen LogP contribution >= 0.6 is 0 Å². The third-order valence-corrected chi connectivity index (χ3v) is 2.48. The zero-order valence-corrected chi connectivity index (χ0v) is 7.93. The molecule has 72 valence electrons. The van der Waals surface area contributed by atoms with Gasteiger partial charge in [0.15, 0.2) is 0 Å². The Bertz CT molecular complexity index is 292. The summed E-state index contributed by atoms with van der Waals surface area (Å²) in [5.74, 6) is 1.01. The van der Waals surface area contributed by atoms with E-state index >= 15 is 0 Å². The maximum Gasteiger partial charge on any atom is 0.103 e. The standard InChI is InChI=1S/C9H16N4/c1-6-12-8-3-5-11-7(2-4-10)9(8)13-6/h7,11H,2-5,10H2,1H3,(H,12,13). The molecule has 0 amide bonds. The van der Waals surface area contributed by atoms with Gasteiger partial charge < -0.3 is 16.0 Å². The lowest BCUT2D eigenvalue weighted by Crippen LogP contribution is -2.31. The molecule has 4 heteroatoms. The number of nitrogens with one attached hydrogen (secondary N) is 2. The summed E-state index contributed by atoms with van der Waals surface area (Å²) < 4.78 is 0. The molecule has 4 N–H and O–H groups in total. The van der Waals surface area contributed by atoms with Crippen molar-refractivity contribution in [3.63, 3.8) is 0 Å². The SMILES string of the molecule is Cc1nc2c([nH]1)CCNC2CCN. The van der Waals surface area contributed by atoms with Gasteiger partial charge in [0.25, 0.3) is 0 Å². The lowest BCUT2D eigenvalue weighted by Gasteiger charge is -2.22. The number of aromatic nitrogens is 2. The zero-order chi connectivity index (χ0) is 9.26. The first-order valence-electron chi connectivity index (χ1n) is 4.80. The summed E-state index contributed by atoms with van der Waals surface area (Å²) in [5.41, 5.74) is 8.01. The zero-order valence-electron chi connectivity index (χ0n) is 7.93. The molecule has 4 nitrogen and oxygen atoms in total. The van der Waals surface area contributed by atoms with Gasteiger partial charge in [-0.2, -0.15) is 0 Å². The van der Waals surface area contributed by atoms with Gasteiger partial charge in [-0.15, -0.1) is 0 Å². The minimum Gasteiger partial charge on any atom is -0.346 e. The minimum atomic E-state index is 0.360. The number of fused-ring (bicyclic) bond motifs is 1. The summed E-state index contributed by atoms with van der Waals surface area (Å²) in [5, 5.41) is 3.43. The first-order valence-corrected chi connectivity index (χ1v) is 4.80. The number of aromatic amines is 1. The van der Waals surface area contributed by atoms with Crippen LogP contribution in [0.1, 0.15) is 29.7 Å². The summed E-state index contributed by atoms with van der Waals surface area (Å²) in [7, 11) is 0. The van der Waals surface area contributed by atoms with Crippen molar-refractivity contribution in [3.8, 4) is 0 Å². The molecule has 0 bridgehead atoms. The normalized spacial score (nSPS) is 21.5. The van der Waals surface area contributed by atoms with Crippen LogP contribution in [0.25, 0.3) is 0 Å². The summed E-state index contributed by atoms with van der Waals surface area (Å²) in [6, 6.07) is 0.360. The summed E-state index contributed by atoms with van der Waals surface area (Å²) >= 11 is 0. The molecule has 2 rings (SSSR count). The second-order valence-corrected chi connectivity index (χ2v) is 3.52. The van der Waals surface area contributed by atoms with Crippen LogP contribution < -0.4 is 11.1 Å². The van der Waals surface area contributed by atoms with Crippen molar-refractivity contribution in [2.24, 2.45) is 5.73 Å². The fraction of sp³-hybridized carbons (Fsp3) is 0.667. The molecule has 1 aromatic rings. The molecule has 13 heavy (non-hydrogen) atoms. The summed E-state index contributed by atoms with van der Waals surface area (Å²) in [6.45, 7) is 3.74. The molecular formula is C9H16N4. The van der Waals surface area contributed by atoms with E-state index in [2.05, 4.69) is 15.3 Å². The van der Waals surface area contributed by atoms with Gasteiger partial charge in [0.05, 0.1) is 11.7 Å². The third-order valence-electron chi connectivity index (χ3n) is 2.48. The van der Waals surface area contributed by atoms with E-state index in [0.717, 1.165) is 25.2 Å². The highest BCUT2D eigenvalue weighted by molar-refractivity contribution is 5.21. The van der Waals surface area contributed by atoms with Crippen LogP contribution in [-0.4, -0.2) is 23.1 Å². The first kappa shape index (κ1) is 8.72. The first-order chi connectivity index (χ1) is 6.31. The second kappa shape index (κ2) is 3.47. The van der Waals surface area contributed by atoms with E-state index in [1.807, 2.05) is 6.92 Å². The average molecular weight is 180 g/mol. The Labute approximate surface area is 77.9 Å². The Morgan fingerprint density at radius 2 is 2.46 bits per heavy atom. The van der Waals surface area contributed by atoms with Gasteiger partial charge in [-0.25, -0.2) is 4.98 Å². The van der Waals surface area contributed by atoms with E-state index in [0.29, 0.717) is 12.6 Å². The number of hydrogen-bond donors (Lipinski definition) is 3. The smallest absolute Gasteiger partial charge is 0.103 e. The molecule has 0 aromatic carbocycles. The van der Waals surface area contributed by atoms with Crippen molar-refractivity contribution < 1.29 is 0 Å². The lowest BCUT2D eigenvalue weighted by molar-refractivity contribution is 0.469. The molecule has 0 saturated heterocycles. The number of rotatable bonds is 2. The number of nitrogens with zero attached hydrogens (tertiary/aromatic N) is 1.